The third-order valence-electron chi connectivity index (χ3n) is 4.88. The number of aromatic nitrogens is 1. The quantitative estimate of drug-likeness (QED) is 0.659. The van der Waals surface area contributed by atoms with Crippen molar-refractivity contribution in [2.45, 2.75) is 26.2 Å². The number of benzene rings is 1. The lowest BCUT2D eigenvalue weighted by Crippen LogP contribution is -2.29. The molecule has 0 bridgehead atoms. The van der Waals surface area contributed by atoms with E-state index in [0.717, 1.165) is 31.6 Å². The van der Waals surface area contributed by atoms with Crippen LogP contribution in [0.3, 0.4) is 0 Å². The van der Waals surface area contributed by atoms with Crippen molar-refractivity contribution in [1.29, 1.82) is 5.26 Å². The highest BCUT2D eigenvalue weighted by molar-refractivity contribution is 6.01. The molecule has 2 aromatic rings. The second-order valence-corrected chi connectivity index (χ2v) is 6.58. The zero-order valence-electron chi connectivity index (χ0n) is 15.5. The fourth-order valence-corrected chi connectivity index (χ4v) is 3.47. The number of nitrogens with two attached hydrogens (primary N) is 1. The van der Waals surface area contributed by atoms with Gasteiger partial charge in [-0.25, -0.2) is 4.79 Å². The summed E-state index contributed by atoms with van der Waals surface area (Å²) >= 11 is 0. The minimum Gasteiger partial charge on any atom is -0.464 e. The molecule has 7 nitrogen and oxygen atoms in total. The van der Waals surface area contributed by atoms with Crippen LogP contribution in [0.2, 0.25) is 0 Å². The number of hydrogen-bond donors (Lipinski definition) is 1. The summed E-state index contributed by atoms with van der Waals surface area (Å²) < 4.78 is 6.28. The Morgan fingerprint density at radius 1 is 1.22 bits per heavy atom. The Morgan fingerprint density at radius 2 is 1.93 bits per heavy atom. The van der Waals surface area contributed by atoms with Crippen LogP contribution in [-0.2, 0) is 4.74 Å². The molecule has 0 spiro atoms. The number of piperidine rings is 1. The van der Waals surface area contributed by atoms with Crippen LogP contribution in [-0.4, -0.2) is 36.5 Å². The molecular weight excluding hydrogens is 344 g/mol. The van der Waals surface area contributed by atoms with Crippen molar-refractivity contribution in [3.8, 4) is 11.8 Å². The van der Waals surface area contributed by atoms with E-state index in [1.165, 1.54) is 31.2 Å². The first-order valence-electron chi connectivity index (χ1n) is 8.87. The highest BCUT2D eigenvalue weighted by atomic mass is 16.5. The summed E-state index contributed by atoms with van der Waals surface area (Å²) in [5, 5.41) is 9.28. The van der Waals surface area contributed by atoms with E-state index in [2.05, 4.69) is 4.90 Å². The minimum atomic E-state index is -0.663. The first kappa shape index (κ1) is 18.5. The van der Waals surface area contributed by atoms with Crippen molar-refractivity contribution in [3.63, 3.8) is 0 Å². The summed E-state index contributed by atoms with van der Waals surface area (Å²) in [6, 6.07) is 7.52. The zero-order valence-corrected chi connectivity index (χ0v) is 15.5. The largest absolute Gasteiger partial charge is 0.464 e. The molecular formula is C20H22N4O3. The van der Waals surface area contributed by atoms with Crippen LogP contribution < -0.4 is 10.6 Å². The number of esters is 1. The van der Waals surface area contributed by atoms with E-state index in [9.17, 15) is 14.9 Å². The first-order chi connectivity index (χ1) is 13.0. The number of methoxy groups -OCH3 is 1. The molecule has 0 unspecified atom stereocenters. The molecule has 0 radical (unpaired) electrons. The molecule has 7 heteroatoms. The number of Topliss-reactive ketones (excluding diaryl/α,β-unsaturated/α-hetero) is 1. The van der Waals surface area contributed by atoms with Crippen LogP contribution in [0.5, 0.6) is 0 Å². The van der Waals surface area contributed by atoms with Gasteiger partial charge in [0, 0.05) is 30.5 Å². The number of rotatable bonds is 4. The van der Waals surface area contributed by atoms with Crippen molar-refractivity contribution < 1.29 is 14.3 Å². The third-order valence-corrected chi connectivity index (χ3v) is 4.88. The molecule has 1 aromatic carbocycles. The topological polar surface area (TPSA) is 101 Å². The van der Waals surface area contributed by atoms with E-state index < -0.39 is 5.97 Å². The first-order valence-corrected chi connectivity index (χ1v) is 8.87. The average molecular weight is 366 g/mol. The summed E-state index contributed by atoms with van der Waals surface area (Å²) in [5.74, 6) is -0.797. The van der Waals surface area contributed by atoms with Crippen LogP contribution in [0.25, 0.3) is 5.69 Å². The van der Waals surface area contributed by atoms with Gasteiger partial charge in [0.2, 0.25) is 0 Å². The van der Waals surface area contributed by atoms with Crippen LogP contribution in [0.15, 0.2) is 24.4 Å². The maximum atomic E-state index is 12.3. The Bertz CT molecular complexity index is 933. The van der Waals surface area contributed by atoms with Gasteiger partial charge in [0.25, 0.3) is 0 Å². The number of carbonyl (C=O) groups is 2. The molecule has 1 aliphatic heterocycles. The van der Waals surface area contributed by atoms with Crippen molar-refractivity contribution in [3.05, 3.63) is 41.2 Å². The van der Waals surface area contributed by atoms with E-state index in [-0.39, 0.29) is 22.7 Å². The number of nitrogens with zero attached hydrogens (tertiary/aromatic N) is 3. The van der Waals surface area contributed by atoms with Crippen molar-refractivity contribution >= 4 is 23.1 Å². The maximum Gasteiger partial charge on any atom is 0.357 e. The van der Waals surface area contributed by atoms with Gasteiger partial charge in [-0.05, 0) is 44.4 Å². The molecule has 27 heavy (non-hydrogen) atoms. The van der Waals surface area contributed by atoms with E-state index in [4.69, 9.17) is 10.5 Å². The van der Waals surface area contributed by atoms with Gasteiger partial charge in [-0.3, -0.25) is 4.79 Å². The number of anilines is 2. The van der Waals surface area contributed by atoms with Crippen LogP contribution in [0, 0.1) is 11.3 Å². The van der Waals surface area contributed by atoms with Crippen molar-refractivity contribution in [2.24, 2.45) is 0 Å². The van der Waals surface area contributed by atoms with Crippen LogP contribution >= 0.6 is 0 Å². The van der Waals surface area contributed by atoms with Crippen LogP contribution in [0.1, 0.15) is 52.6 Å². The van der Waals surface area contributed by atoms with Gasteiger partial charge in [-0.1, -0.05) is 0 Å². The number of ether oxygens (including phenoxy) is 1. The molecule has 2 heterocycles. The van der Waals surface area contributed by atoms with Gasteiger partial charge in [0.05, 0.1) is 24.0 Å². The molecule has 1 aromatic heterocycles. The second kappa shape index (κ2) is 7.54. The van der Waals surface area contributed by atoms with Crippen molar-refractivity contribution in [1.82, 2.24) is 4.57 Å². The number of hydrogen-bond acceptors (Lipinski definition) is 6. The van der Waals surface area contributed by atoms with Gasteiger partial charge in [-0.2, -0.15) is 5.26 Å². The van der Waals surface area contributed by atoms with Crippen molar-refractivity contribution in [2.75, 3.05) is 30.8 Å². The molecule has 1 fully saturated rings. The van der Waals surface area contributed by atoms with Gasteiger partial charge in [-0.15, -0.1) is 0 Å². The fourth-order valence-electron chi connectivity index (χ4n) is 3.47. The Kier molecular flexibility index (Phi) is 5.17. The number of ketones is 1. The van der Waals surface area contributed by atoms with E-state index in [1.54, 1.807) is 6.07 Å². The lowest BCUT2D eigenvalue weighted by molar-refractivity contribution is 0.0592. The Balaban J connectivity index is 2.16. The summed E-state index contributed by atoms with van der Waals surface area (Å²) in [6.45, 7) is 3.40. The van der Waals surface area contributed by atoms with Gasteiger partial charge in [0.15, 0.2) is 11.5 Å². The standard InChI is InChI=1S/C20H22N4O3/c1-13(25)16-10-15(23-8-4-3-5-9-23)6-7-17(16)24-12-14(11-21)18(22)19(24)20(26)27-2/h6-7,10,12H,3-5,8-9,22H2,1-2H3. The van der Waals surface area contributed by atoms with E-state index >= 15 is 0 Å². The summed E-state index contributed by atoms with van der Waals surface area (Å²) in [7, 11) is 1.25. The Labute approximate surface area is 157 Å². The number of nitriles is 1. The molecule has 0 saturated carbocycles. The molecule has 1 aliphatic rings. The molecule has 2 N–H and O–H groups in total. The monoisotopic (exact) mass is 366 g/mol. The smallest absolute Gasteiger partial charge is 0.357 e. The van der Waals surface area contributed by atoms with Gasteiger partial charge < -0.3 is 19.9 Å². The lowest BCUT2D eigenvalue weighted by Gasteiger charge is -2.29. The molecule has 0 amide bonds. The fraction of sp³-hybridized carbons (Fsp3) is 0.350. The minimum absolute atomic E-state index is 0.0407. The summed E-state index contributed by atoms with van der Waals surface area (Å²) in [6.07, 6.45) is 4.94. The normalized spacial score (nSPS) is 13.9. The highest BCUT2D eigenvalue weighted by Crippen LogP contribution is 2.30. The van der Waals surface area contributed by atoms with E-state index in [1.807, 2.05) is 18.2 Å². The Hall–Kier alpha value is -3.27. The third kappa shape index (κ3) is 3.38. The summed E-state index contributed by atoms with van der Waals surface area (Å²) in [5.41, 5.74) is 8.14. The second-order valence-electron chi connectivity index (χ2n) is 6.58. The average Bonchev–Trinajstić information content (AvgIpc) is 3.03. The lowest BCUT2D eigenvalue weighted by atomic mass is 10.1. The molecule has 0 aliphatic carbocycles. The SMILES string of the molecule is COC(=O)c1c(N)c(C#N)cn1-c1ccc(N2CCCCC2)cc1C(C)=O. The highest BCUT2D eigenvalue weighted by Gasteiger charge is 2.24. The number of carbonyl (C=O) groups excluding carboxylic acids is 2. The van der Waals surface area contributed by atoms with E-state index in [0.29, 0.717) is 11.3 Å². The maximum absolute atomic E-state index is 12.3. The molecule has 3 rings (SSSR count). The summed E-state index contributed by atoms with van der Waals surface area (Å²) in [4.78, 5) is 26.8. The predicted molar refractivity (Wildman–Crippen MR) is 102 cm³/mol. The van der Waals surface area contributed by atoms with Gasteiger partial charge in [0.1, 0.15) is 6.07 Å². The molecule has 1 saturated heterocycles. The predicted octanol–water partition coefficient (Wildman–Crippen LogP) is 2.91. The van der Waals surface area contributed by atoms with Crippen LogP contribution in [0.4, 0.5) is 11.4 Å². The van der Waals surface area contributed by atoms with Gasteiger partial charge >= 0.3 is 5.97 Å². The Morgan fingerprint density at radius 3 is 2.52 bits per heavy atom. The number of nitrogen functional groups attached to an aromatic ring is 1. The zero-order chi connectivity index (χ0) is 19.6. The molecule has 0 atom stereocenters. The molecule has 140 valence electrons.